The SMILES string of the molecule is NC1(N)CCCCCCCCC1(N)N. The van der Waals surface area contributed by atoms with Gasteiger partial charge < -0.3 is 22.9 Å². The zero-order chi connectivity index (χ0) is 10.7. The average Bonchev–Trinajstić information content (AvgIpc) is 2.08. The Labute approximate surface area is 86.4 Å². The van der Waals surface area contributed by atoms with Gasteiger partial charge in [0.2, 0.25) is 0 Å². The molecule has 1 aliphatic rings. The molecule has 4 heteroatoms. The molecule has 0 amide bonds. The lowest BCUT2D eigenvalue weighted by atomic mass is 9.84. The first-order valence-electron chi connectivity index (χ1n) is 5.61. The molecule has 0 heterocycles. The summed E-state index contributed by atoms with van der Waals surface area (Å²) in [5.74, 6) is 0. The van der Waals surface area contributed by atoms with Gasteiger partial charge in [-0.05, 0) is 12.8 Å². The summed E-state index contributed by atoms with van der Waals surface area (Å²) in [6.07, 6.45) is 8.43. The minimum Gasteiger partial charge on any atom is -0.311 e. The van der Waals surface area contributed by atoms with Crippen LogP contribution in [0.4, 0.5) is 0 Å². The summed E-state index contributed by atoms with van der Waals surface area (Å²) in [6, 6.07) is 0. The van der Waals surface area contributed by atoms with Crippen molar-refractivity contribution < 1.29 is 0 Å². The average molecular weight is 200 g/mol. The van der Waals surface area contributed by atoms with Crippen molar-refractivity contribution >= 4 is 0 Å². The smallest absolute Gasteiger partial charge is 0.0955 e. The van der Waals surface area contributed by atoms with Gasteiger partial charge in [0, 0.05) is 0 Å². The Balaban J connectivity index is 2.60. The zero-order valence-electron chi connectivity index (χ0n) is 8.97. The topological polar surface area (TPSA) is 104 Å². The van der Waals surface area contributed by atoms with E-state index in [0.717, 1.165) is 25.7 Å². The molecule has 0 aromatic carbocycles. The summed E-state index contributed by atoms with van der Waals surface area (Å²) >= 11 is 0. The van der Waals surface area contributed by atoms with Gasteiger partial charge >= 0.3 is 0 Å². The second-order valence-electron chi connectivity index (χ2n) is 4.70. The molecule has 1 saturated carbocycles. The molecule has 0 radical (unpaired) electrons. The third-order valence-corrected chi connectivity index (χ3v) is 3.30. The van der Waals surface area contributed by atoms with E-state index < -0.39 is 11.3 Å². The normalized spacial score (nSPS) is 28.3. The van der Waals surface area contributed by atoms with Crippen LogP contribution in [-0.4, -0.2) is 11.3 Å². The van der Waals surface area contributed by atoms with E-state index in [0.29, 0.717) is 0 Å². The Hall–Kier alpha value is -0.160. The van der Waals surface area contributed by atoms with E-state index in [2.05, 4.69) is 0 Å². The molecule has 0 spiro atoms. The van der Waals surface area contributed by atoms with E-state index >= 15 is 0 Å². The first-order chi connectivity index (χ1) is 6.46. The molecule has 1 aliphatic carbocycles. The van der Waals surface area contributed by atoms with E-state index in [1.807, 2.05) is 0 Å². The molecule has 0 saturated heterocycles. The van der Waals surface area contributed by atoms with Gasteiger partial charge in [-0.1, -0.05) is 38.5 Å². The maximum Gasteiger partial charge on any atom is 0.0955 e. The molecule has 0 bridgehead atoms. The highest BCUT2D eigenvalue weighted by molar-refractivity contribution is 4.98. The Morgan fingerprint density at radius 1 is 0.500 bits per heavy atom. The van der Waals surface area contributed by atoms with Crippen molar-refractivity contribution in [2.24, 2.45) is 22.9 Å². The summed E-state index contributed by atoms with van der Waals surface area (Å²) in [5.41, 5.74) is 22.1. The summed E-state index contributed by atoms with van der Waals surface area (Å²) in [5, 5.41) is 0. The predicted octanol–water partition coefficient (Wildman–Crippen LogP) is 0.348. The lowest BCUT2D eigenvalue weighted by Gasteiger charge is -2.41. The molecule has 1 fully saturated rings. The number of hydrogen-bond acceptors (Lipinski definition) is 4. The largest absolute Gasteiger partial charge is 0.311 e. The van der Waals surface area contributed by atoms with Crippen molar-refractivity contribution in [1.29, 1.82) is 0 Å². The van der Waals surface area contributed by atoms with E-state index in [1.165, 1.54) is 25.7 Å². The van der Waals surface area contributed by atoms with Crippen LogP contribution in [-0.2, 0) is 0 Å². The maximum absolute atomic E-state index is 5.97. The van der Waals surface area contributed by atoms with E-state index in [4.69, 9.17) is 22.9 Å². The van der Waals surface area contributed by atoms with Crippen molar-refractivity contribution in [1.82, 2.24) is 0 Å². The van der Waals surface area contributed by atoms with Gasteiger partial charge in [0.25, 0.3) is 0 Å². The predicted molar refractivity (Wildman–Crippen MR) is 59.1 cm³/mol. The summed E-state index contributed by atoms with van der Waals surface area (Å²) < 4.78 is 0. The minimum atomic E-state index is -0.912. The third-order valence-electron chi connectivity index (χ3n) is 3.30. The minimum absolute atomic E-state index is 0.722. The fourth-order valence-corrected chi connectivity index (χ4v) is 2.01. The fraction of sp³-hybridized carbons (Fsp3) is 1.00. The van der Waals surface area contributed by atoms with Gasteiger partial charge in [0.05, 0.1) is 11.3 Å². The van der Waals surface area contributed by atoms with Crippen molar-refractivity contribution in [2.45, 2.75) is 62.7 Å². The monoisotopic (exact) mass is 200 g/mol. The molecule has 14 heavy (non-hydrogen) atoms. The van der Waals surface area contributed by atoms with Crippen LogP contribution in [0.3, 0.4) is 0 Å². The van der Waals surface area contributed by atoms with E-state index in [1.54, 1.807) is 0 Å². The molecular formula is C10H24N4. The molecule has 0 aromatic heterocycles. The number of rotatable bonds is 0. The summed E-state index contributed by atoms with van der Waals surface area (Å²) in [4.78, 5) is 0. The second kappa shape index (κ2) is 4.57. The first kappa shape index (κ1) is 11.9. The van der Waals surface area contributed by atoms with Gasteiger partial charge in [-0.25, -0.2) is 0 Å². The molecule has 0 aromatic rings. The van der Waals surface area contributed by atoms with Crippen LogP contribution in [0.2, 0.25) is 0 Å². The third kappa shape index (κ3) is 2.92. The van der Waals surface area contributed by atoms with Crippen molar-refractivity contribution in [2.75, 3.05) is 0 Å². The molecule has 1 rings (SSSR count). The van der Waals surface area contributed by atoms with Gasteiger partial charge in [0.1, 0.15) is 0 Å². The van der Waals surface area contributed by atoms with Gasteiger partial charge in [-0.2, -0.15) is 0 Å². The first-order valence-corrected chi connectivity index (χ1v) is 5.61. The van der Waals surface area contributed by atoms with Crippen molar-refractivity contribution in [3.8, 4) is 0 Å². The number of nitrogens with two attached hydrogens (primary N) is 4. The second-order valence-corrected chi connectivity index (χ2v) is 4.70. The van der Waals surface area contributed by atoms with Crippen LogP contribution in [0, 0.1) is 0 Å². The van der Waals surface area contributed by atoms with Crippen LogP contribution in [0.25, 0.3) is 0 Å². The number of hydrogen-bond donors (Lipinski definition) is 4. The van der Waals surface area contributed by atoms with Crippen LogP contribution < -0.4 is 22.9 Å². The quantitative estimate of drug-likeness (QED) is 0.423. The highest BCUT2D eigenvalue weighted by Gasteiger charge is 2.38. The van der Waals surface area contributed by atoms with E-state index in [-0.39, 0.29) is 0 Å². The molecule has 4 nitrogen and oxygen atoms in total. The zero-order valence-corrected chi connectivity index (χ0v) is 8.97. The fourth-order valence-electron chi connectivity index (χ4n) is 2.01. The maximum atomic E-state index is 5.97. The highest BCUT2D eigenvalue weighted by atomic mass is 15.1. The molecule has 0 unspecified atom stereocenters. The lowest BCUT2D eigenvalue weighted by molar-refractivity contribution is 0.187. The van der Waals surface area contributed by atoms with Gasteiger partial charge in [0.15, 0.2) is 0 Å². The molecule has 84 valence electrons. The van der Waals surface area contributed by atoms with Crippen molar-refractivity contribution in [3.05, 3.63) is 0 Å². The molecule has 0 aliphatic heterocycles. The van der Waals surface area contributed by atoms with Crippen molar-refractivity contribution in [3.63, 3.8) is 0 Å². The Kier molecular flexibility index (Phi) is 3.89. The molecular weight excluding hydrogens is 176 g/mol. The van der Waals surface area contributed by atoms with Gasteiger partial charge in [-0.3, -0.25) is 0 Å². The lowest BCUT2D eigenvalue weighted by Crippen LogP contribution is -2.76. The van der Waals surface area contributed by atoms with Crippen LogP contribution in [0.15, 0.2) is 0 Å². The Morgan fingerprint density at radius 2 is 0.786 bits per heavy atom. The molecule has 8 N–H and O–H groups in total. The van der Waals surface area contributed by atoms with Gasteiger partial charge in [-0.15, -0.1) is 0 Å². The Morgan fingerprint density at radius 3 is 1.14 bits per heavy atom. The van der Waals surface area contributed by atoms with Crippen LogP contribution in [0.5, 0.6) is 0 Å². The summed E-state index contributed by atoms with van der Waals surface area (Å²) in [7, 11) is 0. The standard InChI is InChI=1S/C10H24N4/c11-9(12)7-5-3-1-2-4-6-8-10(9,13)14/h1-8,11-14H2. The highest BCUT2D eigenvalue weighted by Crippen LogP contribution is 2.23. The van der Waals surface area contributed by atoms with E-state index in [9.17, 15) is 0 Å². The van der Waals surface area contributed by atoms with Crippen LogP contribution in [0.1, 0.15) is 51.4 Å². The molecule has 0 atom stereocenters. The Bertz CT molecular complexity index is 157. The van der Waals surface area contributed by atoms with Crippen LogP contribution >= 0.6 is 0 Å². The summed E-state index contributed by atoms with van der Waals surface area (Å²) in [6.45, 7) is 0.